The zero-order valence-electron chi connectivity index (χ0n) is 9.56. The van der Waals surface area contributed by atoms with Crippen molar-refractivity contribution in [1.29, 1.82) is 5.26 Å². The van der Waals surface area contributed by atoms with Gasteiger partial charge < -0.3 is 11.1 Å². The van der Waals surface area contributed by atoms with Gasteiger partial charge in [-0.2, -0.15) is 5.26 Å². The second-order valence-corrected chi connectivity index (χ2v) is 4.19. The van der Waals surface area contributed by atoms with Gasteiger partial charge >= 0.3 is 0 Å². The lowest BCUT2D eigenvalue weighted by molar-refractivity contribution is -0.118. The predicted molar refractivity (Wildman–Crippen MR) is 65.0 cm³/mol. The van der Waals surface area contributed by atoms with E-state index in [1.807, 2.05) is 0 Å². The van der Waals surface area contributed by atoms with E-state index >= 15 is 0 Å². The zero-order valence-corrected chi connectivity index (χ0v) is 9.56. The minimum absolute atomic E-state index is 0.0912. The Bertz CT molecular complexity index is 548. The molecule has 1 aliphatic carbocycles. The molecule has 5 heteroatoms. The molecule has 0 radical (unpaired) electrons. The number of nitrogens with zero attached hydrogens (tertiary/aromatic N) is 1. The number of nitrogens with one attached hydrogen (secondary N) is 1. The monoisotopic (exact) mass is 245 g/mol. The average molecular weight is 245 g/mol. The van der Waals surface area contributed by atoms with Crippen LogP contribution in [0.3, 0.4) is 0 Å². The molecule has 4 nitrogen and oxygen atoms in total. The molecule has 0 bridgehead atoms. The summed E-state index contributed by atoms with van der Waals surface area (Å²) in [5.74, 6) is -1.07. The van der Waals surface area contributed by atoms with E-state index in [4.69, 9.17) is 11.0 Å². The molecule has 2 rings (SSSR count). The third-order valence-electron chi connectivity index (χ3n) is 2.81. The summed E-state index contributed by atoms with van der Waals surface area (Å²) in [5.41, 5.74) is 5.98. The summed E-state index contributed by atoms with van der Waals surface area (Å²) in [4.78, 5) is 11.9. The van der Waals surface area contributed by atoms with Gasteiger partial charge in [-0.15, -0.1) is 0 Å². The van der Waals surface area contributed by atoms with Crippen molar-refractivity contribution >= 4 is 11.6 Å². The Morgan fingerprint density at radius 2 is 2.28 bits per heavy atom. The Kier molecular flexibility index (Phi) is 3.40. The van der Waals surface area contributed by atoms with Crippen molar-refractivity contribution in [3.63, 3.8) is 0 Å². The Morgan fingerprint density at radius 1 is 1.50 bits per heavy atom. The molecular formula is C13H12FN3O. The quantitative estimate of drug-likeness (QED) is 0.776. The van der Waals surface area contributed by atoms with Crippen molar-refractivity contribution in [3.05, 3.63) is 41.7 Å². The van der Waals surface area contributed by atoms with Gasteiger partial charge in [0.2, 0.25) is 5.91 Å². The molecule has 0 heterocycles. The van der Waals surface area contributed by atoms with Crippen LogP contribution in [-0.2, 0) is 4.79 Å². The third kappa shape index (κ3) is 2.55. The van der Waals surface area contributed by atoms with E-state index in [-0.39, 0.29) is 23.4 Å². The minimum atomic E-state index is -0.599. The number of carbonyl (C=O) groups excluding carboxylic acids is 1. The topological polar surface area (TPSA) is 78.9 Å². The molecule has 0 fully saturated rings. The molecule has 0 saturated heterocycles. The highest BCUT2D eigenvalue weighted by atomic mass is 19.1. The first kappa shape index (κ1) is 12.3. The smallest absolute Gasteiger partial charge is 0.231 e. The van der Waals surface area contributed by atoms with Crippen LogP contribution in [-0.4, -0.2) is 11.9 Å². The molecular weight excluding hydrogens is 233 g/mol. The van der Waals surface area contributed by atoms with Gasteiger partial charge in [0.1, 0.15) is 11.9 Å². The van der Waals surface area contributed by atoms with Crippen molar-refractivity contribution in [1.82, 2.24) is 0 Å². The van der Waals surface area contributed by atoms with Gasteiger partial charge in [-0.1, -0.05) is 12.2 Å². The van der Waals surface area contributed by atoms with E-state index in [1.54, 1.807) is 18.2 Å². The number of hydrogen-bond donors (Lipinski definition) is 2. The summed E-state index contributed by atoms with van der Waals surface area (Å²) in [7, 11) is 0. The van der Waals surface area contributed by atoms with Crippen molar-refractivity contribution in [2.24, 2.45) is 11.7 Å². The maximum Gasteiger partial charge on any atom is 0.231 e. The van der Waals surface area contributed by atoms with Crippen LogP contribution in [0.5, 0.6) is 0 Å². The van der Waals surface area contributed by atoms with Gasteiger partial charge in [-0.3, -0.25) is 4.79 Å². The van der Waals surface area contributed by atoms with Crippen molar-refractivity contribution in [2.75, 3.05) is 5.32 Å². The van der Waals surface area contributed by atoms with Gasteiger partial charge in [0, 0.05) is 11.7 Å². The second kappa shape index (κ2) is 4.98. The average Bonchev–Trinajstić information content (AvgIpc) is 2.78. The number of amides is 1. The number of nitrogens with two attached hydrogens (primary N) is 1. The second-order valence-electron chi connectivity index (χ2n) is 4.19. The lowest BCUT2D eigenvalue weighted by Gasteiger charge is -2.10. The molecule has 2 atom stereocenters. The molecule has 0 aromatic heterocycles. The summed E-state index contributed by atoms with van der Waals surface area (Å²) >= 11 is 0. The van der Waals surface area contributed by atoms with Crippen molar-refractivity contribution in [3.8, 4) is 6.07 Å². The molecule has 18 heavy (non-hydrogen) atoms. The molecule has 1 aromatic carbocycles. The lowest BCUT2D eigenvalue weighted by atomic mass is 10.1. The first-order valence-electron chi connectivity index (χ1n) is 5.54. The zero-order chi connectivity index (χ0) is 13.1. The van der Waals surface area contributed by atoms with Gasteiger partial charge in [-0.25, -0.2) is 4.39 Å². The van der Waals surface area contributed by atoms with E-state index in [2.05, 4.69) is 5.32 Å². The standard InChI is InChI=1S/C13H12FN3O/c14-12-4-3-11(6-9(12)7-15)17-13(18)8-1-2-10(16)5-8/h1-4,6,8,10H,5,16H2,(H,17,18). The van der Waals surface area contributed by atoms with Crippen LogP contribution in [0.25, 0.3) is 0 Å². The van der Waals surface area contributed by atoms with Crippen LogP contribution in [0.2, 0.25) is 0 Å². The Hall–Kier alpha value is -2.19. The summed E-state index contributed by atoms with van der Waals surface area (Å²) in [5, 5.41) is 11.3. The van der Waals surface area contributed by atoms with Crippen molar-refractivity contribution in [2.45, 2.75) is 12.5 Å². The van der Waals surface area contributed by atoms with E-state index in [1.165, 1.54) is 12.1 Å². The molecule has 92 valence electrons. The summed E-state index contributed by atoms with van der Waals surface area (Å²) < 4.78 is 13.1. The molecule has 0 saturated carbocycles. The molecule has 2 unspecified atom stereocenters. The number of hydrogen-bond acceptors (Lipinski definition) is 3. The number of halogens is 1. The van der Waals surface area contributed by atoms with Crippen LogP contribution < -0.4 is 11.1 Å². The van der Waals surface area contributed by atoms with Crippen LogP contribution >= 0.6 is 0 Å². The first-order chi connectivity index (χ1) is 8.60. The van der Waals surface area contributed by atoms with E-state index < -0.39 is 5.82 Å². The maximum absolute atomic E-state index is 13.1. The fourth-order valence-corrected chi connectivity index (χ4v) is 1.85. The van der Waals surface area contributed by atoms with E-state index in [0.29, 0.717) is 12.1 Å². The predicted octanol–water partition coefficient (Wildman–Crippen LogP) is 1.54. The lowest BCUT2D eigenvalue weighted by Crippen LogP contribution is -2.24. The summed E-state index contributed by atoms with van der Waals surface area (Å²) in [6, 6.07) is 5.52. The maximum atomic E-state index is 13.1. The highest BCUT2D eigenvalue weighted by Crippen LogP contribution is 2.20. The third-order valence-corrected chi connectivity index (χ3v) is 2.81. The number of carbonyl (C=O) groups is 1. The molecule has 1 amide bonds. The largest absolute Gasteiger partial charge is 0.326 e. The fourth-order valence-electron chi connectivity index (χ4n) is 1.85. The highest BCUT2D eigenvalue weighted by Gasteiger charge is 2.22. The SMILES string of the molecule is N#Cc1cc(NC(=O)C2C=CC(N)C2)ccc1F. The summed E-state index contributed by atoms with van der Waals surface area (Å²) in [6.45, 7) is 0. The van der Waals surface area contributed by atoms with Crippen LogP contribution in [0.4, 0.5) is 10.1 Å². The fraction of sp³-hybridized carbons (Fsp3) is 0.231. The Morgan fingerprint density at radius 3 is 2.89 bits per heavy atom. The number of rotatable bonds is 2. The van der Waals surface area contributed by atoms with Crippen LogP contribution in [0, 0.1) is 23.1 Å². The molecule has 0 aliphatic heterocycles. The number of benzene rings is 1. The molecule has 1 aliphatic rings. The Balaban J connectivity index is 2.08. The van der Waals surface area contributed by atoms with Gasteiger partial charge in [0.05, 0.1) is 11.5 Å². The molecule has 0 spiro atoms. The van der Waals surface area contributed by atoms with Crippen molar-refractivity contribution < 1.29 is 9.18 Å². The van der Waals surface area contributed by atoms with Crippen LogP contribution in [0.15, 0.2) is 30.4 Å². The normalized spacial score (nSPS) is 21.6. The highest BCUT2D eigenvalue weighted by molar-refractivity contribution is 5.94. The molecule has 3 N–H and O–H groups in total. The Labute approximate surface area is 104 Å². The van der Waals surface area contributed by atoms with Crippen LogP contribution in [0.1, 0.15) is 12.0 Å². The number of nitriles is 1. The van der Waals surface area contributed by atoms with Gasteiger partial charge in [0.15, 0.2) is 0 Å². The minimum Gasteiger partial charge on any atom is -0.326 e. The van der Waals surface area contributed by atoms with Gasteiger partial charge in [-0.05, 0) is 24.6 Å². The van der Waals surface area contributed by atoms with Gasteiger partial charge in [0.25, 0.3) is 0 Å². The number of anilines is 1. The first-order valence-corrected chi connectivity index (χ1v) is 5.54. The van der Waals surface area contributed by atoms with E-state index in [9.17, 15) is 9.18 Å². The van der Waals surface area contributed by atoms with E-state index in [0.717, 1.165) is 6.07 Å². The summed E-state index contributed by atoms with van der Waals surface area (Å²) in [6.07, 6.45) is 4.11. The molecule has 1 aromatic rings.